The number of nitrogens with one attached hydrogen (secondary N) is 1. The minimum Gasteiger partial charge on any atom is -0.346 e. The summed E-state index contributed by atoms with van der Waals surface area (Å²) >= 11 is 1.77. The van der Waals surface area contributed by atoms with E-state index in [-0.39, 0.29) is 5.91 Å². The molecule has 0 bridgehead atoms. The lowest BCUT2D eigenvalue weighted by atomic mass is 10.1. The van der Waals surface area contributed by atoms with Gasteiger partial charge in [0.1, 0.15) is 0 Å². The van der Waals surface area contributed by atoms with Gasteiger partial charge in [0.15, 0.2) is 5.16 Å². The van der Waals surface area contributed by atoms with Crippen LogP contribution >= 0.6 is 11.8 Å². The molecule has 2 aromatic rings. The first-order valence-corrected chi connectivity index (χ1v) is 10.0. The normalized spacial score (nSPS) is 17.4. The second kappa shape index (κ2) is 7.62. The molecule has 1 saturated heterocycles. The van der Waals surface area contributed by atoms with Crippen LogP contribution in [0.25, 0.3) is 0 Å². The zero-order valence-electron chi connectivity index (χ0n) is 14.4. The van der Waals surface area contributed by atoms with Gasteiger partial charge >= 0.3 is 0 Å². The molecule has 0 radical (unpaired) electrons. The highest BCUT2D eigenvalue weighted by Crippen LogP contribution is 2.24. The van der Waals surface area contributed by atoms with Crippen LogP contribution in [-0.4, -0.2) is 39.2 Å². The Labute approximate surface area is 152 Å². The van der Waals surface area contributed by atoms with Crippen molar-refractivity contribution in [3.8, 4) is 0 Å². The van der Waals surface area contributed by atoms with Gasteiger partial charge in [-0.3, -0.25) is 9.69 Å². The fourth-order valence-electron chi connectivity index (χ4n) is 3.46. The van der Waals surface area contributed by atoms with E-state index in [9.17, 15) is 4.79 Å². The minimum atomic E-state index is -0.0367. The number of hydrogen-bond acceptors (Lipinski definition) is 4. The zero-order chi connectivity index (χ0) is 17.1. The van der Waals surface area contributed by atoms with E-state index in [1.54, 1.807) is 11.8 Å². The molecule has 1 amide bonds. The zero-order valence-corrected chi connectivity index (χ0v) is 15.2. The SMILES string of the molecule is O=C(NCc1cn2c(n1)SCC2)c1ccc(CN2CCCCC2)cc1. The van der Waals surface area contributed by atoms with Crippen molar-refractivity contribution in [1.29, 1.82) is 0 Å². The molecule has 3 heterocycles. The molecule has 0 saturated carbocycles. The van der Waals surface area contributed by atoms with Gasteiger partial charge in [0, 0.05) is 30.6 Å². The number of piperidine rings is 1. The first-order chi connectivity index (χ1) is 12.3. The Bertz CT molecular complexity index is 713. The number of thioether (sulfide) groups is 1. The summed E-state index contributed by atoms with van der Waals surface area (Å²) in [6.07, 6.45) is 6.00. The van der Waals surface area contributed by atoms with Gasteiger partial charge < -0.3 is 9.88 Å². The van der Waals surface area contributed by atoms with Crippen LogP contribution in [0.4, 0.5) is 0 Å². The molecule has 25 heavy (non-hydrogen) atoms. The van der Waals surface area contributed by atoms with E-state index in [2.05, 4.69) is 31.9 Å². The van der Waals surface area contributed by atoms with Gasteiger partial charge in [-0.05, 0) is 43.6 Å². The van der Waals surface area contributed by atoms with Crippen molar-refractivity contribution < 1.29 is 4.79 Å². The third-order valence-electron chi connectivity index (χ3n) is 4.85. The molecule has 0 aliphatic carbocycles. The van der Waals surface area contributed by atoms with Crippen molar-refractivity contribution in [2.24, 2.45) is 0 Å². The number of imidazole rings is 1. The molecule has 132 valence electrons. The summed E-state index contributed by atoms with van der Waals surface area (Å²) in [5.41, 5.74) is 2.92. The summed E-state index contributed by atoms with van der Waals surface area (Å²) in [5, 5.41) is 4.03. The number of nitrogens with zero attached hydrogens (tertiary/aromatic N) is 3. The Hall–Kier alpha value is -1.79. The Morgan fingerprint density at radius 2 is 1.92 bits per heavy atom. The van der Waals surface area contributed by atoms with Crippen LogP contribution in [-0.2, 0) is 19.6 Å². The van der Waals surface area contributed by atoms with Gasteiger partial charge in [-0.15, -0.1) is 0 Å². The molecular weight excluding hydrogens is 332 g/mol. The van der Waals surface area contributed by atoms with Crippen LogP contribution in [0.1, 0.15) is 40.9 Å². The van der Waals surface area contributed by atoms with E-state index in [0.717, 1.165) is 29.7 Å². The quantitative estimate of drug-likeness (QED) is 0.895. The number of carbonyl (C=O) groups is 1. The number of aryl methyl sites for hydroxylation is 1. The van der Waals surface area contributed by atoms with Crippen molar-refractivity contribution in [2.45, 2.75) is 44.1 Å². The monoisotopic (exact) mass is 356 g/mol. The topological polar surface area (TPSA) is 50.2 Å². The Kier molecular flexibility index (Phi) is 5.08. The Morgan fingerprint density at radius 1 is 1.12 bits per heavy atom. The van der Waals surface area contributed by atoms with Crippen molar-refractivity contribution >= 4 is 17.7 Å². The summed E-state index contributed by atoms with van der Waals surface area (Å²) in [6.45, 7) is 4.86. The highest BCUT2D eigenvalue weighted by Gasteiger charge is 2.15. The van der Waals surface area contributed by atoms with E-state index >= 15 is 0 Å². The number of likely N-dealkylation sites (tertiary alicyclic amines) is 1. The predicted molar refractivity (Wildman–Crippen MR) is 99.7 cm³/mol. The Balaban J connectivity index is 1.30. The summed E-state index contributed by atoms with van der Waals surface area (Å²) in [4.78, 5) is 19.4. The highest BCUT2D eigenvalue weighted by atomic mass is 32.2. The smallest absolute Gasteiger partial charge is 0.251 e. The molecule has 1 aromatic carbocycles. The third kappa shape index (κ3) is 4.07. The lowest BCUT2D eigenvalue weighted by molar-refractivity contribution is 0.0950. The molecule has 1 N–H and O–H groups in total. The lowest BCUT2D eigenvalue weighted by Gasteiger charge is -2.26. The second-order valence-electron chi connectivity index (χ2n) is 6.77. The van der Waals surface area contributed by atoms with E-state index in [4.69, 9.17) is 0 Å². The third-order valence-corrected chi connectivity index (χ3v) is 5.82. The average Bonchev–Trinajstić information content (AvgIpc) is 3.23. The van der Waals surface area contributed by atoms with E-state index in [0.29, 0.717) is 12.1 Å². The fourth-order valence-corrected chi connectivity index (χ4v) is 4.42. The summed E-state index contributed by atoms with van der Waals surface area (Å²) in [6, 6.07) is 8.01. The van der Waals surface area contributed by atoms with Crippen LogP contribution < -0.4 is 5.32 Å². The molecule has 1 fully saturated rings. The van der Waals surface area contributed by atoms with Crippen molar-refractivity contribution in [1.82, 2.24) is 19.8 Å². The molecule has 6 heteroatoms. The number of hydrogen-bond donors (Lipinski definition) is 1. The van der Waals surface area contributed by atoms with E-state index in [1.807, 2.05) is 18.3 Å². The number of benzene rings is 1. The molecule has 0 spiro atoms. The fraction of sp³-hybridized carbons (Fsp3) is 0.474. The standard InChI is InChI=1S/C19H24N4OS/c24-18(20-12-17-14-23-10-11-25-19(23)21-17)16-6-4-15(5-7-16)13-22-8-2-1-3-9-22/h4-7,14H,1-3,8-13H2,(H,20,24). The van der Waals surface area contributed by atoms with Crippen LogP contribution in [0, 0.1) is 0 Å². The average molecular weight is 356 g/mol. The van der Waals surface area contributed by atoms with Crippen molar-refractivity contribution in [3.05, 3.63) is 47.3 Å². The maximum Gasteiger partial charge on any atom is 0.251 e. The molecular formula is C19H24N4OS. The second-order valence-corrected chi connectivity index (χ2v) is 7.84. The molecule has 1 aromatic heterocycles. The molecule has 4 rings (SSSR count). The maximum absolute atomic E-state index is 12.3. The van der Waals surface area contributed by atoms with E-state index in [1.165, 1.54) is 37.9 Å². The first-order valence-electron chi connectivity index (χ1n) is 9.06. The van der Waals surface area contributed by atoms with Gasteiger partial charge in [0.2, 0.25) is 0 Å². The van der Waals surface area contributed by atoms with Crippen LogP contribution in [0.2, 0.25) is 0 Å². The van der Waals surface area contributed by atoms with Gasteiger partial charge in [0.05, 0.1) is 12.2 Å². The van der Waals surface area contributed by atoms with Crippen molar-refractivity contribution in [3.63, 3.8) is 0 Å². The molecule has 5 nitrogen and oxygen atoms in total. The number of aromatic nitrogens is 2. The number of fused-ring (bicyclic) bond motifs is 1. The van der Waals surface area contributed by atoms with Crippen LogP contribution in [0.3, 0.4) is 0 Å². The van der Waals surface area contributed by atoms with Crippen LogP contribution in [0.15, 0.2) is 35.6 Å². The minimum absolute atomic E-state index is 0.0367. The van der Waals surface area contributed by atoms with Gasteiger partial charge in [-0.2, -0.15) is 0 Å². The Morgan fingerprint density at radius 3 is 2.68 bits per heavy atom. The maximum atomic E-state index is 12.3. The van der Waals surface area contributed by atoms with Crippen molar-refractivity contribution in [2.75, 3.05) is 18.8 Å². The number of carbonyl (C=O) groups excluding carboxylic acids is 1. The van der Waals surface area contributed by atoms with Gasteiger partial charge in [0.25, 0.3) is 5.91 Å². The highest BCUT2D eigenvalue weighted by molar-refractivity contribution is 7.99. The number of amides is 1. The summed E-state index contributed by atoms with van der Waals surface area (Å²) in [7, 11) is 0. The van der Waals surface area contributed by atoms with Gasteiger partial charge in [-0.1, -0.05) is 30.3 Å². The summed E-state index contributed by atoms with van der Waals surface area (Å²) in [5.74, 6) is 1.06. The molecule has 0 atom stereocenters. The molecule has 0 unspecified atom stereocenters. The first kappa shape index (κ1) is 16.7. The summed E-state index contributed by atoms with van der Waals surface area (Å²) < 4.78 is 2.15. The molecule has 2 aliphatic rings. The van der Waals surface area contributed by atoms with Gasteiger partial charge in [-0.25, -0.2) is 4.98 Å². The molecule has 2 aliphatic heterocycles. The largest absolute Gasteiger partial charge is 0.346 e. The number of rotatable bonds is 5. The lowest BCUT2D eigenvalue weighted by Crippen LogP contribution is -2.29. The predicted octanol–water partition coefficient (Wildman–Crippen LogP) is 2.90. The van der Waals surface area contributed by atoms with E-state index < -0.39 is 0 Å². The van der Waals surface area contributed by atoms with Crippen LogP contribution in [0.5, 0.6) is 0 Å².